The van der Waals surface area contributed by atoms with E-state index in [9.17, 15) is 18.5 Å². The molecule has 7 heteroatoms. The summed E-state index contributed by atoms with van der Waals surface area (Å²) in [6.45, 7) is 1.77. The van der Waals surface area contributed by atoms with Crippen LogP contribution in [0.1, 0.15) is 18.4 Å². The fourth-order valence-corrected chi connectivity index (χ4v) is 3.97. The summed E-state index contributed by atoms with van der Waals surface area (Å²) in [5.74, 6) is 0.250. The van der Waals surface area contributed by atoms with E-state index < -0.39 is 14.8 Å². The van der Waals surface area contributed by atoms with Crippen LogP contribution in [0, 0.1) is 17.0 Å². The number of para-hydroxylation sites is 1. The number of aryl methyl sites for hydroxylation is 1. The number of rotatable bonds is 3. The Morgan fingerprint density at radius 3 is 2.79 bits per heavy atom. The van der Waals surface area contributed by atoms with Crippen molar-refractivity contribution in [2.75, 3.05) is 16.8 Å². The highest BCUT2D eigenvalue weighted by molar-refractivity contribution is 7.91. The van der Waals surface area contributed by atoms with E-state index in [0.29, 0.717) is 18.5 Å². The number of anilines is 1. The maximum absolute atomic E-state index is 11.6. The molecule has 1 N–H and O–H groups in total. The van der Waals surface area contributed by atoms with Gasteiger partial charge in [0.15, 0.2) is 9.84 Å². The second-order valence-electron chi connectivity index (χ2n) is 4.82. The van der Waals surface area contributed by atoms with Gasteiger partial charge < -0.3 is 5.32 Å². The van der Waals surface area contributed by atoms with Gasteiger partial charge in [0.25, 0.3) is 5.69 Å². The molecule has 0 bridgehead atoms. The normalized spacial score (nSPS) is 21.8. The van der Waals surface area contributed by atoms with Crippen LogP contribution in [0.4, 0.5) is 11.4 Å². The number of nitro benzene ring substituents is 1. The third-order valence-electron chi connectivity index (χ3n) is 3.26. The zero-order valence-corrected chi connectivity index (χ0v) is 11.4. The molecule has 1 aromatic rings. The first-order valence-corrected chi connectivity index (χ1v) is 7.92. The van der Waals surface area contributed by atoms with E-state index in [0.717, 1.165) is 5.56 Å². The van der Waals surface area contributed by atoms with Crippen LogP contribution >= 0.6 is 0 Å². The van der Waals surface area contributed by atoms with Crippen LogP contribution in [-0.4, -0.2) is 30.9 Å². The summed E-state index contributed by atoms with van der Waals surface area (Å²) < 4.78 is 23.2. The van der Waals surface area contributed by atoms with Crippen molar-refractivity contribution in [1.82, 2.24) is 0 Å². The first-order chi connectivity index (χ1) is 8.89. The average Bonchev–Trinajstić information content (AvgIpc) is 2.30. The van der Waals surface area contributed by atoms with Gasteiger partial charge in [-0.25, -0.2) is 8.42 Å². The predicted molar refractivity (Wildman–Crippen MR) is 73.1 cm³/mol. The van der Waals surface area contributed by atoms with Gasteiger partial charge in [-0.05, 0) is 25.3 Å². The largest absolute Gasteiger partial charge is 0.376 e. The Hall–Kier alpha value is -1.63. The molecule has 104 valence electrons. The van der Waals surface area contributed by atoms with Gasteiger partial charge in [0, 0.05) is 12.1 Å². The SMILES string of the molecule is Cc1cccc([N+](=O)[O-])c1NC1CCCS(=O)(=O)C1. The van der Waals surface area contributed by atoms with Crippen molar-refractivity contribution in [3.63, 3.8) is 0 Å². The number of nitrogens with zero attached hydrogens (tertiary/aromatic N) is 1. The molecule has 0 aromatic heterocycles. The lowest BCUT2D eigenvalue weighted by molar-refractivity contribution is -0.384. The summed E-state index contributed by atoms with van der Waals surface area (Å²) in [5, 5.41) is 14.0. The number of sulfone groups is 1. The van der Waals surface area contributed by atoms with Gasteiger partial charge in [-0.3, -0.25) is 10.1 Å². The highest BCUT2D eigenvalue weighted by Crippen LogP contribution is 2.29. The van der Waals surface area contributed by atoms with Gasteiger partial charge in [-0.1, -0.05) is 12.1 Å². The summed E-state index contributed by atoms with van der Waals surface area (Å²) >= 11 is 0. The third kappa shape index (κ3) is 3.23. The summed E-state index contributed by atoms with van der Waals surface area (Å²) in [5.41, 5.74) is 1.16. The first-order valence-electron chi connectivity index (χ1n) is 6.10. The van der Waals surface area contributed by atoms with Crippen LogP contribution < -0.4 is 5.32 Å². The minimum atomic E-state index is -3.03. The molecule has 19 heavy (non-hydrogen) atoms. The van der Waals surface area contributed by atoms with E-state index in [1.807, 2.05) is 0 Å². The van der Waals surface area contributed by atoms with E-state index in [-0.39, 0.29) is 23.2 Å². The minimum absolute atomic E-state index is 0.0111. The summed E-state index contributed by atoms with van der Waals surface area (Å²) in [6, 6.07) is 4.56. The summed E-state index contributed by atoms with van der Waals surface area (Å²) in [7, 11) is -3.03. The van der Waals surface area contributed by atoms with Gasteiger partial charge in [0.05, 0.1) is 16.4 Å². The van der Waals surface area contributed by atoms with Crippen LogP contribution in [-0.2, 0) is 9.84 Å². The molecular weight excluding hydrogens is 268 g/mol. The molecule has 0 aliphatic carbocycles. The van der Waals surface area contributed by atoms with Crippen LogP contribution in [0.3, 0.4) is 0 Å². The quantitative estimate of drug-likeness (QED) is 0.676. The van der Waals surface area contributed by atoms with Gasteiger partial charge in [-0.2, -0.15) is 0 Å². The van der Waals surface area contributed by atoms with Crippen LogP contribution in [0.2, 0.25) is 0 Å². The Labute approximate surface area is 111 Å². The van der Waals surface area contributed by atoms with E-state index in [4.69, 9.17) is 0 Å². The molecular formula is C12H16N2O4S. The zero-order valence-electron chi connectivity index (χ0n) is 10.6. The van der Waals surface area contributed by atoms with Crippen molar-refractivity contribution in [2.45, 2.75) is 25.8 Å². The smallest absolute Gasteiger partial charge is 0.292 e. The monoisotopic (exact) mass is 284 g/mol. The van der Waals surface area contributed by atoms with Gasteiger partial charge in [0.2, 0.25) is 0 Å². The topological polar surface area (TPSA) is 89.3 Å². The molecule has 0 amide bonds. The van der Waals surface area contributed by atoms with Crippen molar-refractivity contribution in [2.24, 2.45) is 0 Å². The fraction of sp³-hybridized carbons (Fsp3) is 0.500. The molecule has 1 aliphatic heterocycles. The molecule has 0 saturated carbocycles. The molecule has 0 spiro atoms. The molecule has 1 saturated heterocycles. The maximum Gasteiger partial charge on any atom is 0.292 e. The number of hydrogen-bond acceptors (Lipinski definition) is 5. The van der Waals surface area contributed by atoms with Crippen LogP contribution in [0.5, 0.6) is 0 Å². The Bertz CT molecular complexity index is 598. The minimum Gasteiger partial charge on any atom is -0.376 e. The lowest BCUT2D eigenvalue weighted by Crippen LogP contribution is -2.35. The molecule has 1 heterocycles. The van der Waals surface area contributed by atoms with E-state index in [1.165, 1.54) is 6.07 Å². The van der Waals surface area contributed by atoms with E-state index >= 15 is 0 Å². The van der Waals surface area contributed by atoms with Crippen molar-refractivity contribution >= 4 is 21.2 Å². The molecule has 1 aliphatic rings. The number of benzene rings is 1. The Morgan fingerprint density at radius 2 is 2.16 bits per heavy atom. The Balaban J connectivity index is 2.26. The molecule has 2 rings (SSSR count). The second-order valence-corrected chi connectivity index (χ2v) is 7.05. The molecule has 6 nitrogen and oxygen atoms in total. The molecule has 1 atom stereocenters. The van der Waals surface area contributed by atoms with Crippen molar-refractivity contribution < 1.29 is 13.3 Å². The Kier molecular flexibility index (Phi) is 3.75. The van der Waals surface area contributed by atoms with Gasteiger partial charge in [0.1, 0.15) is 5.69 Å². The van der Waals surface area contributed by atoms with Crippen molar-refractivity contribution in [1.29, 1.82) is 0 Å². The highest BCUT2D eigenvalue weighted by atomic mass is 32.2. The number of nitro groups is 1. The highest BCUT2D eigenvalue weighted by Gasteiger charge is 2.27. The average molecular weight is 284 g/mol. The summed E-state index contributed by atoms with van der Waals surface area (Å²) in [6.07, 6.45) is 1.31. The predicted octanol–water partition coefficient (Wildman–Crippen LogP) is 1.89. The van der Waals surface area contributed by atoms with E-state index in [1.54, 1.807) is 19.1 Å². The zero-order chi connectivity index (χ0) is 14.0. The standard InChI is InChI=1S/C12H16N2O4S/c1-9-4-2-6-11(14(15)16)12(9)13-10-5-3-7-19(17,18)8-10/h2,4,6,10,13H,3,5,7-8H2,1H3. The van der Waals surface area contributed by atoms with Gasteiger partial charge >= 0.3 is 0 Å². The maximum atomic E-state index is 11.6. The lowest BCUT2D eigenvalue weighted by Gasteiger charge is -2.24. The fourth-order valence-electron chi connectivity index (χ4n) is 2.33. The second kappa shape index (κ2) is 5.16. The third-order valence-corrected chi connectivity index (χ3v) is 5.08. The molecule has 0 radical (unpaired) electrons. The van der Waals surface area contributed by atoms with Crippen LogP contribution in [0.15, 0.2) is 18.2 Å². The number of hydrogen-bond donors (Lipinski definition) is 1. The molecule has 1 fully saturated rings. The van der Waals surface area contributed by atoms with Crippen molar-refractivity contribution in [3.8, 4) is 0 Å². The van der Waals surface area contributed by atoms with E-state index in [2.05, 4.69) is 5.32 Å². The Morgan fingerprint density at radius 1 is 1.42 bits per heavy atom. The van der Waals surface area contributed by atoms with Gasteiger partial charge in [-0.15, -0.1) is 0 Å². The van der Waals surface area contributed by atoms with Crippen molar-refractivity contribution in [3.05, 3.63) is 33.9 Å². The molecule has 1 aromatic carbocycles. The lowest BCUT2D eigenvalue weighted by atomic mass is 10.1. The summed E-state index contributed by atoms with van der Waals surface area (Å²) in [4.78, 5) is 10.5. The molecule has 1 unspecified atom stereocenters. The van der Waals surface area contributed by atoms with Crippen LogP contribution in [0.25, 0.3) is 0 Å². The first kappa shape index (κ1) is 13.8. The number of nitrogens with one attached hydrogen (secondary N) is 1.